The van der Waals surface area contributed by atoms with Crippen LogP contribution in [0.15, 0.2) is 17.1 Å². The van der Waals surface area contributed by atoms with Crippen LogP contribution in [0.4, 0.5) is 11.4 Å². The van der Waals surface area contributed by atoms with E-state index in [4.69, 9.17) is 0 Å². The van der Waals surface area contributed by atoms with Crippen LogP contribution in [0.5, 0.6) is 5.75 Å². The summed E-state index contributed by atoms with van der Waals surface area (Å²) in [6, 6.07) is 1.75. The van der Waals surface area contributed by atoms with Gasteiger partial charge in [0, 0.05) is 17.8 Å². The number of hydrogen-bond donors (Lipinski definition) is 1. The standard InChI is InChI=1S/C11H13N3O5/c1-11(2,3)12-6-7-4-8(13(16)17)5-9(10(7)15)14(18)19/h4-6,15H,1-3H3. The van der Waals surface area contributed by atoms with Gasteiger partial charge in [0.2, 0.25) is 5.75 Å². The monoisotopic (exact) mass is 267 g/mol. The molecule has 0 unspecified atom stereocenters. The molecule has 102 valence electrons. The number of rotatable bonds is 3. The highest BCUT2D eigenvalue weighted by Gasteiger charge is 2.23. The highest BCUT2D eigenvalue weighted by Crippen LogP contribution is 2.33. The molecule has 0 fully saturated rings. The van der Waals surface area contributed by atoms with Crippen molar-refractivity contribution in [3.8, 4) is 5.75 Å². The van der Waals surface area contributed by atoms with Crippen LogP contribution in [-0.2, 0) is 0 Å². The predicted octanol–water partition coefficient (Wildman–Crippen LogP) is 2.43. The van der Waals surface area contributed by atoms with Crippen molar-refractivity contribution < 1.29 is 15.0 Å². The van der Waals surface area contributed by atoms with Gasteiger partial charge in [0.15, 0.2) is 0 Å². The van der Waals surface area contributed by atoms with Crippen molar-refractivity contribution in [1.29, 1.82) is 0 Å². The number of nitrogens with zero attached hydrogens (tertiary/aromatic N) is 3. The number of phenols is 1. The first-order chi connectivity index (χ1) is 8.61. The zero-order valence-corrected chi connectivity index (χ0v) is 10.7. The number of hydrogen-bond acceptors (Lipinski definition) is 6. The third-order valence-corrected chi connectivity index (χ3v) is 2.10. The van der Waals surface area contributed by atoms with Gasteiger partial charge in [-0.1, -0.05) is 0 Å². The third kappa shape index (κ3) is 3.73. The Morgan fingerprint density at radius 1 is 1.21 bits per heavy atom. The first kappa shape index (κ1) is 14.6. The van der Waals surface area contributed by atoms with E-state index < -0.39 is 32.5 Å². The van der Waals surface area contributed by atoms with Crippen LogP contribution in [0.3, 0.4) is 0 Å². The SMILES string of the molecule is CC(C)(C)N=Cc1cc([N+](=O)[O-])cc([N+](=O)[O-])c1O. The molecule has 19 heavy (non-hydrogen) atoms. The van der Waals surface area contributed by atoms with Crippen LogP contribution in [0, 0.1) is 20.2 Å². The normalized spacial score (nSPS) is 11.7. The maximum Gasteiger partial charge on any atom is 0.318 e. The average Bonchev–Trinajstić information content (AvgIpc) is 2.25. The minimum absolute atomic E-state index is 0.0594. The summed E-state index contributed by atoms with van der Waals surface area (Å²) in [7, 11) is 0. The molecule has 8 nitrogen and oxygen atoms in total. The molecule has 0 saturated carbocycles. The molecule has 0 aliphatic carbocycles. The third-order valence-electron chi connectivity index (χ3n) is 2.10. The number of aromatic hydroxyl groups is 1. The molecule has 0 saturated heterocycles. The summed E-state index contributed by atoms with van der Waals surface area (Å²) in [4.78, 5) is 23.8. The summed E-state index contributed by atoms with van der Waals surface area (Å²) in [5, 5.41) is 31.1. The summed E-state index contributed by atoms with van der Waals surface area (Å²) in [6.07, 6.45) is 1.19. The molecule has 0 spiro atoms. The van der Waals surface area contributed by atoms with Gasteiger partial charge in [-0.25, -0.2) is 0 Å². The minimum atomic E-state index is -0.878. The molecule has 1 aromatic rings. The molecule has 0 bridgehead atoms. The van der Waals surface area contributed by atoms with E-state index in [9.17, 15) is 25.3 Å². The Morgan fingerprint density at radius 3 is 2.21 bits per heavy atom. The van der Waals surface area contributed by atoms with E-state index in [1.165, 1.54) is 6.21 Å². The predicted molar refractivity (Wildman–Crippen MR) is 68.8 cm³/mol. The van der Waals surface area contributed by atoms with Crippen LogP contribution in [0.1, 0.15) is 26.3 Å². The Labute approximate surface area is 108 Å². The van der Waals surface area contributed by atoms with Crippen molar-refractivity contribution in [3.63, 3.8) is 0 Å². The highest BCUT2D eigenvalue weighted by atomic mass is 16.6. The molecule has 0 atom stereocenters. The number of aliphatic imine (C=N–C) groups is 1. The van der Waals surface area contributed by atoms with Gasteiger partial charge in [0.05, 0.1) is 21.5 Å². The number of nitro benzene ring substituents is 2. The average molecular weight is 267 g/mol. The van der Waals surface area contributed by atoms with Crippen LogP contribution in [0.25, 0.3) is 0 Å². The molecule has 0 heterocycles. The van der Waals surface area contributed by atoms with Crippen molar-refractivity contribution in [1.82, 2.24) is 0 Å². The number of non-ortho nitro benzene ring substituents is 1. The lowest BCUT2D eigenvalue weighted by atomic mass is 10.1. The van der Waals surface area contributed by atoms with E-state index in [-0.39, 0.29) is 5.56 Å². The molecule has 1 N–H and O–H groups in total. The molecule has 0 amide bonds. The second-order valence-electron chi connectivity index (χ2n) is 4.85. The fraction of sp³-hybridized carbons (Fsp3) is 0.364. The molecule has 1 aromatic carbocycles. The van der Waals surface area contributed by atoms with Gasteiger partial charge in [-0.3, -0.25) is 25.2 Å². The van der Waals surface area contributed by atoms with Crippen LogP contribution < -0.4 is 0 Å². The molecular weight excluding hydrogens is 254 g/mol. The Hall–Kier alpha value is -2.51. The van der Waals surface area contributed by atoms with Crippen molar-refractivity contribution in [2.24, 2.45) is 4.99 Å². The van der Waals surface area contributed by atoms with E-state index >= 15 is 0 Å². The fourth-order valence-electron chi connectivity index (χ4n) is 1.23. The molecule has 0 radical (unpaired) electrons. The van der Waals surface area contributed by atoms with Gasteiger partial charge in [-0.05, 0) is 20.8 Å². The second kappa shape index (κ2) is 5.01. The Kier molecular flexibility index (Phi) is 3.83. The van der Waals surface area contributed by atoms with Gasteiger partial charge in [0.25, 0.3) is 5.69 Å². The van der Waals surface area contributed by atoms with Crippen LogP contribution in [0.2, 0.25) is 0 Å². The fourth-order valence-corrected chi connectivity index (χ4v) is 1.23. The number of nitro groups is 2. The van der Waals surface area contributed by atoms with Gasteiger partial charge >= 0.3 is 5.69 Å². The highest BCUT2D eigenvalue weighted by molar-refractivity contribution is 5.87. The first-order valence-electron chi connectivity index (χ1n) is 5.33. The zero-order chi connectivity index (χ0) is 14.8. The van der Waals surface area contributed by atoms with Crippen molar-refractivity contribution in [2.75, 3.05) is 0 Å². The van der Waals surface area contributed by atoms with E-state index in [0.29, 0.717) is 6.07 Å². The largest absolute Gasteiger partial charge is 0.502 e. The molecule has 0 aliphatic rings. The molecule has 1 rings (SSSR count). The lowest BCUT2D eigenvalue weighted by Crippen LogP contribution is -2.09. The summed E-state index contributed by atoms with van der Waals surface area (Å²) in [6.45, 7) is 5.35. The van der Waals surface area contributed by atoms with Crippen molar-refractivity contribution in [3.05, 3.63) is 37.9 Å². The lowest BCUT2D eigenvalue weighted by molar-refractivity contribution is -0.394. The lowest BCUT2D eigenvalue weighted by Gasteiger charge is -2.11. The molecular formula is C11H13N3O5. The minimum Gasteiger partial charge on any atom is -0.502 e. The van der Waals surface area contributed by atoms with E-state index in [0.717, 1.165) is 6.07 Å². The van der Waals surface area contributed by atoms with E-state index in [1.807, 2.05) is 0 Å². The van der Waals surface area contributed by atoms with Gasteiger partial charge in [-0.15, -0.1) is 0 Å². The smallest absolute Gasteiger partial charge is 0.318 e. The topological polar surface area (TPSA) is 119 Å². The van der Waals surface area contributed by atoms with Gasteiger partial charge in [-0.2, -0.15) is 0 Å². The molecule has 0 aliphatic heterocycles. The van der Waals surface area contributed by atoms with E-state index in [1.54, 1.807) is 20.8 Å². The van der Waals surface area contributed by atoms with E-state index in [2.05, 4.69) is 4.99 Å². The second-order valence-corrected chi connectivity index (χ2v) is 4.85. The summed E-state index contributed by atoms with van der Waals surface area (Å²) in [5.41, 5.74) is -1.72. The Bertz CT molecular complexity index is 560. The first-order valence-corrected chi connectivity index (χ1v) is 5.33. The summed E-state index contributed by atoms with van der Waals surface area (Å²) in [5.74, 6) is -0.636. The number of phenolic OH excluding ortho intramolecular Hbond substituents is 1. The maximum atomic E-state index is 10.7. The van der Waals surface area contributed by atoms with Gasteiger partial charge < -0.3 is 5.11 Å². The van der Waals surface area contributed by atoms with Crippen molar-refractivity contribution >= 4 is 17.6 Å². The van der Waals surface area contributed by atoms with Crippen LogP contribution in [-0.4, -0.2) is 26.7 Å². The summed E-state index contributed by atoms with van der Waals surface area (Å²) < 4.78 is 0. The summed E-state index contributed by atoms with van der Waals surface area (Å²) >= 11 is 0. The Morgan fingerprint density at radius 2 is 1.79 bits per heavy atom. The maximum absolute atomic E-state index is 10.7. The van der Waals surface area contributed by atoms with Crippen molar-refractivity contribution in [2.45, 2.75) is 26.3 Å². The van der Waals surface area contributed by atoms with Gasteiger partial charge in [0.1, 0.15) is 0 Å². The Balaban J connectivity index is 3.42. The quantitative estimate of drug-likeness (QED) is 0.512. The zero-order valence-electron chi connectivity index (χ0n) is 10.7. The van der Waals surface area contributed by atoms with Crippen LogP contribution >= 0.6 is 0 Å². The molecule has 0 aromatic heterocycles. The number of benzene rings is 1. The molecule has 8 heteroatoms.